The maximum Gasteiger partial charge on any atom is 0.436 e. The van der Waals surface area contributed by atoms with Gasteiger partial charge in [0.25, 0.3) is 0 Å². The summed E-state index contributed by atoms with van der Waals surface area (Å²) in [5.41, 5.74) is 0.934. The minimum absolute atomic E-state index is 0.00357. The van der Waals surface area contributed by atoms with E-state index in [1.54, 1.807) is 0 Å². The Morgan fingerprint density at radius 1 is 1.24 bits per heavy atom. The van der Waals surface area contributed by atoms with E-state index in [4.69, 9.17) is 11.6 Å². The van der Waals surface area contributed by atoms with Crippen LogP contribution in [0.4, 0.5) is 13.2 Å². The normalized spacial score (nSPS) is 12.8. The summed E-state index contributed by atoms with van der Waals surface area (Å²) in [5.74, 6) is -0.288. The second-order valence-electron chi connectivity index (χ2n) is 6.69. The Kier molecular flexibility index (Phi) is 6.02. The average molecular weight is 425 g/mol. The van der Waals surface area contributed by atoms with Gasteiger partial charge >= 0.3 is 6.18 Å². The molecule has 5 nitrogen and oxygen atoms in total. The van der Waals surface area contributed by atoms with E-state index in [1.165, 1.54) is 6.92 Å². The molecule has 1 N–H and O–H groups in total. The Hall–Kier alpha value is -2.74. The molecule has 0 aliphatic carbocycles. The first-order valence-electron chi connectivity index (χ1n) is 8.99. The van der Waals surface area contributed by atoms with Gasteiger partial charge in [-0.2, -0.15) is 18.3 Å². The van der Waals surface area contributed by atoms with Crippen LogP contribution in [-0.2, 0) is 17.5 Å². The van der Waals surface area contributed by atoms with Gasteiger partial charge in [0.2, 0.25) is 5.91 Å². The summed E-state index contributed by atoms with van der Waals surface area (Å²) in [5, 5.41) is 5.94. The van der Waals surface area contributed by atoms with Crippen molar-refractivity contribution in [1.29, 1.82) is 0 Å². The van der Waals surface area contributed by atoms with E-state index in [0.29, 0.717) is 0 Å². The number of nitrogens with zero attached hydrogens (tertiary/aromatic N) is 3. The number of rotatable bonds is 6. The van der Waals surface area contributed by atoms with Crippen LogP contribution < -0.4 is 5.32 Å². The maximum atomic E-state index is 12.9. The molecule has 3 rings (SSSR count). The van der Waals surface area contributed by atoms with Crippen LogP contribution in [0.15, 0.2) is 48.8 Å². The number of alkyl halides is 3. The molecule has 3 aromatic rings. The van der Waals surface area contributed by atoms with Crippen LogP contribution in [0.2, 0.25) is 5.02 Å². The van der Waals surface area contributed by atoms with Gasteiger partial charge in [-0.25, -0.2) is 0 Å². The highest BCUT2D eigenvalue weighted by Crippen LogP contribution is 2.35. The van der Waals surface area contributed by atoms with E-state index in [9.17, 15) is 18.0 Å². The maximum absolute atomic E-state index is 12.9. The number of hydrogen-bond donors (Lipinski definition) is 1. The van der Waals surface area contributed by atoms with Gasteiger partial charge in [-0.1, -0.05) is 23.7 Å². The van der Waals surface area contributed by atoms with Crippen LogP contribution in [0, 0.1) is 6.92 Å². The van der Waals surface area contributed by atoms with E-state index >= 15 is 0 Å². The number of aryl methyl sites for hydroxylation is 1. The van der Waals surface area contributed by atoms with E-state index in [-0.39, 0.29) is 30.6 Å². The fourth-order valence-corrected chi connectivity index (χ4v) is 3.23. The van der Waals surface area contributed by atoms with Gasteiger partial charge in [0.15, 0.2) is 5.69 Å². The number of carbonyl (C=O) groups excluding carboxylic acids is 1. The predicted octanol–water partition coefficient (Wildman–Crippen LogP) is 4.92. The fraction of sp³-hybridized carbons (Fsp3) is 0.300. The zero-order chi connectivity index (χ0) is 21.2. The SMILES string of the molecule is Cc1c(Cl)c(C(F)(F)F)nn1CCC(=O)NC(C)c1cccc(-n2cccc2)c1. The van der Waals surface area contributed by atoms with Crippen LogP contribution in [0.25, 0.3) is 5.69 Å². The highest BCUT2D eigenvalue weighted by Gasteiger charge is 2.38. The summed E-state index contributed by atoms with van der Waals surface area (Å²) in [6, 6.07) is 11.3. The molecule has 29 heavy (non-hydrogen) atoms. The van der Waals surface area contributed by atoms with Gasteiger partial charge in [0.1, 0.15) is 0 Å². The Labute approximate surface area is 171 Å². The lowest BCUT2D eigenvalue weighted by atomic mass is 10.1. The van der Waals surface area contributed by atoms with Crippen LogP contribution in [0.1, 0.15) is 36.3 Å². The highest BCUT2D eigenvalue weighted by atomic mass is 35.5. The molecule has 0 saturated heterocycles. The van der Waals surface area contributed by atoms with Crippen molar-refractivity contribution in [3.63, 3.8) is 0 Å². The summed E-state index contributed by atoms with van der Waals surface area (Å²) in [6.45, 7) is 3.30. The van der Waals surface area contributed by atoms with E-state index in [2.05, 4.69) is 10.4 Å². The van der Waals surface area contributed by atoms with Crippen LogP contribution in [-0.4, -0.2) is 20.3 Å². The average Bonchev–Trinajstić information content (AvgIpc) is 3.30. The molecule has 1 aromatic carbocycles. The molecule has 0 saturated carbocycles. The van der Waals surface area contributed by atoms with E-state index in [0.717, 1.165) is 15.9 Å². The van der Waals surface area contributed by atoms with Crippen LogP contribution in [0.5, 0.6) is 0 Å². The number of aromatic nitrogens is 3. The van der Waals surface area contributed by atoms with Gasteiger partial charge in [0, 0.05) is 24.5 Å². The molecule has 0 radical (unpaired) electrons. The van der Waals surface area contributed by atoms with Crippen molar-refractivity contribution in [2.75, 3.05) is 0 Å². The number of hydrogen-bond acceptors (Lipinski definition) is 2. The molecule has 0 spiro atoms. The zero-order valence-electron chi connectivity index (χ0n) is 15.9. The largest absolute Gasteiger partial charge is 0.436 e. The molecule has 2 aromatic heterocycles. The number of carbonyl (C=O) groups is 1. The van der Waals surface area contributed by atoms with Crippen LogP contribution in [0.3, 0.4) is 0 Å². The molecule has 154 valence electrons. The molecule has 2 heterocycles. The number of benzene rings is 1. The minimum atomic E-state index is -4.63. The second kappa shape index (κ2) is 8.32. The molecule has 0 aliphatic rings. The lowest BCUT2D eigenvalue weighted by molar-refractivity contribution is -0.141. The Balaban J connectivity index is 1.62. The highest BCUT2D eigenvalue weighted by molar-refractivity contribution is 6.31. The molecule has 1 atom stereocenters. The lowest BCUT2D eigenvalue weighted by Crippen LogP contribution is -2.27. The molecule has 0 fully saturated rings. The molecule has 1 unspecified atom stereocenters. The van der Waals surface area contributed by atoms with Gasteiger partial charge < -0.3 is 9.88 Å². The topological polar surface area (TPSA) is 51.9 Å². The molecule has 0 aliphatic heterocycles. The third-order valence-electron chi connectivity index (χ3n) is 4.60. The molecule has 1 amide bonds. The molecular weight excluding hydrogens is 405 g/mol. The first-order valence-corrected chi connectivity index (χ1v) is 9.37. The Morgan fingerprint density at radius 2 is 1.93 bits per heavy atom. The Bertz CT molecular complexity index is 996. The summed E-state index contributed by atoms with van der Waals surface area (Å²) in [7, 11) is 0. The van der Waals surface area contributed by atoms with Gasteiger partial charge in [-0.15, -0.1) is 0 Å². The fourth-order valence-electron chi connectivity index (χ4n) is 2.99. The Morgan fingerprint density at radius 3 is 2.55 bits per heavy atom. The predicted molar refractivity (Wildman–Crippen MR) is 104 cm³/mol. The van der Waals surface area contributed by atoms with Crippen molar-refractivity contribution in [2.45, 2.75) is 39.0 Å². The summed E-state index contributed by atoms with van der Waals surface area (Å²) in [4.78, 5) is 12.3. The first kappa shape index (κ1) is 21.0. The summed E-state index contributed by atoms with van der Waals surface area (Å²) in [6.07, 6.45) is -0.795. The summed E-state index contributed by atoms with van der Waals surface area (Å²) >= 11 is 5.73. The summed E-state index contributed by atoms with van der Waals surface area (Å²) < 4.78 is 41.8. The monoisotopic (exact) mass is 424 g/mol. The van der Waals surface area contributed by atoms with Crippen molar-refractivity contribution in [2.24, 2.45) is 0 Å². The quantitative estimate of drug-likeness (QED) is 0.610. The zero-order valence-corrected chi connectivity index (χ0v) is 16.6. The van der Waals surface area contributed by atoms with E-state index < -0.39 is 16.9 Å². The van der Waals surface area contributed by atoms with Crippen LogP contribution >= 0.6 is 11.6 Å². The lowest BCUT2D eigenvalue weighted by Gasteiger charge is -2.16. The van der Waals surface area contributed by atoms with E-state index in [1.807, 2.05) is 60.3 Å². The second-order valence-corrected chi connectivity index (χ2v) is 7.07. The standard InChI is InChI=1S/C20H20ClF3N4O/c1-13(15-6-5-7-16(12-15)27-9-3-4-10-27)25-17(29)8-11-28-14(2)18(21)19(26-28)20(22,23)24/h3-7,9-10,12-13H,8,11H2,1-2H3,(H,25,29). The van der Waals surface area contributed by atoms with Crippen molar-refractivity contribution >= 4 is 17.5 Å². The third kappa shape index (κ3) is 4.82. The van der Waals surface area contributed by atoms with Crippen molar-refractivity contribution < 1.29 is 18.0 Å². The van der Waals surface area contributed by atoms with Crippen molar-refractivity contribution in [1.82, 2.24) is 19.7 Å². The molecule has 9 heteroatoms. The van der Waals surface area contributed by atoms with Crippen molar-refractivity contribution in [3.8, 4) is 5.69 Å². The van der Waals surface area contributed by atoms with Gasteiger partial charge in [0.05, 0.1) is 23.3 Å². The van der Waals surface area contributed by atoms with Crippen molar-refractivity contribution in [3.05, 3.63) is 70.8 Å². The molecule has 0 bridgehead atoms. The first-order chi connectivity index (χ1) is 13.7. The van der Waals surface area contributed by atoms with Gasteiger partial charge in [-0.05, 0) is 43.7 Å². The molecular formula is C20H20ClF3N4O. The number of halogens is 4. The number of amides is 1. The number of nitrogens with one attached hydrogen (secondary N) is 1. The minimum Gasteiger partial charge on any atom is -0.350 e. The smallest absolute Gasteiger partial charge is 0.350 e. The van der Waals surface area contributed by atoms with Gasteiger partial charge in [-0.3, -0.25) is 9.48 Å². The third-order valence-corrected chi connectivity index (χ3v) is 5.06.